The molecule has 3 fully saturated rings. The molecule has 3 saturated carbocycles. The summed E-state index contributed by atoms with van der Waals surface area (Å²) in [6, 6.07) is 0. The van der Waals surface area contributed by atoms with Crippen LogP contribution in [-0.4, -0.2) is 11.2 Å². The molecule has 0 amide bonds. The van der Waals surface area contributed by atoms with E-state index in [9.17, 15) is 5.11 Å². The summed E-state index contributed by atoms with van der Waals surface area (Å²) in [6.45, 7) is 12.6. The van der Waals surface area contributed by atoms with Crippen LogP contribution < -0.4 is 0 Å². The topological polar surface area (TPSA) is 20.2 Å². The van der Waals surface area contributed by atoms with E-state index < -0.39 is 0 Å². The molecule has 4 aliphatic rings. The summed E-state index contributed by atoms with van der Waals surface area (Å²) in [4.78, 5) is 0. The van der Waals surface area contributed by atoms with Gasteiger partial charge in [0.25, 0.3) is 0 Å². The van der Waals surface area contributed by atoms with Gasteiger partial charge in [0.2, 0.25) is 0 Å². The molecule has 4 aliphatic carbocycles. The van der Waals surface area contributed by atoms with Crippen LogP contribution in [0, 0.1) is 46.3 Å². The normalized spacial score (nSPS) is 44.9. The smallest absolute Gasteiger partial charge is 0.0577 e. The molecule has 4 rings (SSSR count). The molecular formula is C27H46OY. The van der Waals surface area contributed by atoms with E-state index in [2.05, 4.69) is 40.7 Å². The third-order valence-corrected chi connectivity index (χ3v) is 10.3. The van der Waals surface area contributed by atoms with Gasteiger partial charge in [0, 0.05) is 32.7 Å². The monoisotopic (exact) mass is 475 g/mol. The predicted octanol–water partition coefficient (Wildman–Crippen LogP) is 7.39. The van der Waals surface area contributed by atoms with Crippen LogP contribution in [0.25, 0.3) is 0 Å². The van der Waals surface area contributed by atoms with E-state index in [0.29, 0.717) is 10.8 Å². The molecule has 8 atom stereocenters. The van der Waals surface area contributed by atoms with E-state index in [0.717, 1.165) is 48.3 Å². The fourth-order valence-corrected chi connectivity index (χ4v) is 8.67. The molecule has 1 N–H and O–H groups in total. The van der Waals surface area contributed by atoms with Gasteiger partial charge in [0.15, 0.2) is 0 Å². The van der Waals surface area contributed by atoms with Crippen LogP contribution in [-0.2, 0) is 32.7 Å². The third kappa shape index (κ3) is 4.37. The Labute approximate surface area is 206 Å². The van der Waals surface area contributed by atoms with Gasteiger partial charge in [-0.25, -0.2) is 0 Å². The van der Waals surface area contributed by atoms with Crippen molar-refractivity contribution in [2.75, 3.05) is 0 Å². The second kappa shape index (κ2) is 9.35. The van der Waals surface area contributed by atoms with Crippen LogP contribution in [0.3, 0.4) is 0 Å². The molecule has 0 bridgehead atoms. The molecule has 1 nitrogen and oxygen atoms in total. The average molecular weight is 476 g/mol. The Balaban J connectivity index is 0.00000240. The van der Waals surface area contributed by atoms with Crippen molar-refractivity contribution in [1.29, 1.82) is 0 Å². The number of aliphatic hydroxyl groups is 1. The van der Waals surface area contributed by atoms with E-state index in [1.807, 2.05) is 0 Å². The van der Waals surface area contributed by atoms with Crippen LogP contribution >= 0.6 is 0 Å². The van der Waals surface area contributed by atoms with Crippen LogP contribution in [0.4, 0.5) is 0 Å². The summed E-state index contributed by atoms with van der Waals surface area (Å²) in [6.07, 6.45) is 17.2. The van der Waals surface area contributed by atoms with Crippen molar-refractivity contribution in [1.82, 2.24) is 0 Å². The van der Waals surface area contributed by atoms with Crippen LogP contribution in [0.5, 0.6) is 0 Å². The first kappa shape index (κ1) is 24.4. The van der Waals surface area contributed by atoms with Gasteiger partial charge in [-0.1, -0.05) is 65.5 Å². The second-order valence-electron chi connectivity index (χ2n) is 12.2. The molecule has 0 aliphatic heterocycles. The van der Waals surface area contributed by atoms with Crippen molar-refractivity contribution in [3.8, 4) is 0 Å². The first-order valence-corrected chi connectivity index (χ1v) is 12.6. The number of allylic oxidation sites excluding steroid dienone is 1. The Hall–Kier alpha value is 0.804. The molecular weight excluding hydrogens is 429 g/mol. The van der Waals surface area contributed by atoms with E-state index in [1.165, 1.54) is 57.8 Å². The van der Waals surface area contributed by atoms with Crippen LogP contribution in [0.15, 0.2) is 11.6 Å². The number of hydrogen-bond acceptors (Lipinski definition) is 1. The van der Waals surface area contributed by atoms with Crippen molar-refractivity contribution >= 4 is 0 Å². The minimum atomic E-state index is -0.0766. The van der Waals surface area contributed by atoms with E-state index >= 15 is 0 Å². The number of fused-ring (bicyclic) bond motifs is 5. The first-order chi connectivity index (χ1) is 13.3. The molecule has 0 aromatic rings. The number of aliphatic hydroxyl groups excluding tert-OH is 1. The molecule has 29 heavy (non-hydrogen) atoms. The van der Waals surface area contributed by atoms with Gasteiger partial charge in [0.05, 0.1) is 6.10 Å². The van der Waals surface area contributed by atoms with Gasteiger partial charge >= 0.3 is 0 Å². The summed E-state index contributed by atoms with van der Waals surface area (Å²) in [5, 5.41) is 10.2. The van der Waals surface area contributed by atoms with Crippen molar-refractivity contribution < 1.29 is 37.8 Å². The van der Waals surface area contributed by atoms with Crippen molar-refractivity contribution in [2.45, 2.75) is 111 Å². The Morgan fingerprint density at radius 1 is 1.00 bits per heavy atom. The predicted molar refractivity (Wildman–Crippen MR) is 119 cm³/mol. The molecule has 0 spiro atoms. The summed E-state index contributed by atoms with van der Waals surface area (Å²) in [5.41, 5.74) is 2.60. The maximum atomic E-state index is 10.2. The quantitative estimate of drug-likeness (QED) is 0.411. The van der Waals surface area contributed by atoms with Crippen LogP contribution in [0.2, 0.25) is 0 Å². The number of rotatable bonds is 5. The van der Waals surface area contributed by atoms with Gasteiger partial charge in [0.1, 0.15) is 0 Å². The zero-order valence-electron chi connectivity index (χ0n) is 19.9. The summed E-state index contributed by atoms with van der Waals surface area (Å²) < 4.78 is 0. The molecule has 0 heterocycles. The molecule has 8 unspecified atom stereocenters. The SMILES string of the molecule is CC(C)CCCC(C)C1CCC2C3CC=C4CC(O)CCC4(C)C3CCC12C.[Y]. The Morgan fingerprint density at radius 2 is 1.76 bits per heavy atom. The van der Waals surface area contributed by atoms with Crippen LogP contribution in [0.1, 0.15) is 105 Å². The minimum Gasteiger partial charge on any atom is -0.393 e. The Bertz CT molecular complexity index is 597. The summed E-state index contributed by atoms with van der Waals surface area (Å²) in [5.74, 6) is 5.46. The second-order valence-corrected chi connectivity index (χ2v) is 12.2. The molecule has 0 saturated heterocycles. The van der Waals surface area contributed by atoms with E-state index in [-0.39, 0.29) is 38.8 Å². The molecule has 1 radical (unpaired) electrons. The van der Waals surface area contributed by atoms with Gasteiger partial charge < -0.3 is 5.11 Å². The zero-order chi connectivity index (χ0) is 20.1. The van der Waals surface area contributed by atoms with Gasteiger partial charge in [-0.2, -0.15) is 0 Å². The minimum absolute atomic E-state index is 0. The molecule has 0 aromatic heterocycles. The fourth-order valence-electron chi connectivity index (χ4n) is 8.67. The molecule has 163 valence electrons. The van der Waals surface area contributed by atoms with E-state index in [4.69, 9.17) is 0 Å². The Morgan fingerprint density at radius 3 is 2.48 bits per heavy atom. The van der Waals surface area contributed by atoms with Crippen molar-refractivity contribution in [2.24, 2.45) is 46.3 Å². The summed E-state index contributed by atoms with van der Waals surface area (Å²) >= 11 is 0. The largest absolute Gasteiger partial charge is 0.393 e. The first-order valence-electron chi connectivity index (χ1n) is 12.6. The van der Waals surface area contributed by atoms with E-state index in [1.54, 1.807) is 5.57 Å². The fraction of sp³-hybridized carbons (Fsp3) is 0.926. The Kier molecular flexibility index (Phi) is 7.88. The molecule has 0 aromatic carbocycles. The van der Waals surface area contributed by atoms with Gasteiger partial charge in [-0.05, 0) is 97.7 Å². The summed E-state index contributed by atoms with van der Waals surface area (Å²) in [7, 11) is 0. The van der Waals surface area contributed by atoms with Gasteiger partial charge in [-0.15, -0.1) is 0 Å². The average Bonchev–Trinajstić information content (AvgIpc) is 2.99. The van der Waals surface area contributed by atoms with Gasteiger partial charge in [-0.3, -0.25) is 0 Å². The maximum absolute atomic E-state index is 10.2. The van der Waals surface area contributed by atoms with Crippen molar-refractivity contribution in [3.05, 3.63) is 11.6 Å². The van der Waals surface area contributed by atoms with Crippen molar-refractivity contribution in [3.63, 3.8) is 0 Å². The zero-order valence-corrected chi connectivity index (χ0v) is 22.8. The molecule has 2 heteroatoms. The third-order valence-electron chi connectivity index (χ3n) is 10.3. The standard InChI is InChI=1S/C27H46O.Y/c1-18(2)7-6-8-19(3)23-11-12-24-22-10-9-20-17-21(28)13-15-26(20,4)25(22)14-16-27(23,24)5;/h9,18-19,21-25,28H,6-8,10-17H2,1-5H3;. The number of hydrogen-bond donors (Lipinski definition) is 1. The maximum Gasteiger partial charge on any atom is 0.0577 e.